The lowest BCUT2D eigenvalue weighted by atomic mass is 9.97. The Balaban J connectivity index is 1.94. The molecule has 0 bridgehead atoms. The topological polar surface area (TPSA) is 67.9 Å². The molecule has 1 fully saturated rings. The minimum Gasteiger partial charge on any atom is -0.492 e. The van der Waals surface area contributed by atoms with Gasteiger partial charge in [0, 0.05) is 23.1 Å². The Morgan fingerprint density at radius 1 is 1.23 bits per heavy atom. The second kappa shape index (κ2) is 9.89. The number of amides is 2. The summed E-state index contributed by atoms with van der Waals surface area (Å²) in [6, 6.07) is 4.67. The van der Waals surface area contributed by atoms with E-state index in [1.54, 1.807) is 32.9 Å². The smallest absolute Gasteiger partial charge is 0.407 e. The van der Waals surface area contributed by atoms with E-state index in [9.17, 15) is 22.8 Å². The zero-order chi connectivity index (χ0) is 22.5. The molecule has 6 nitrogen and oxygen atoms in total. The molecule has 1 aliphatic heterocycles. The van der Waals surface area contributed by atoms with Crippen molar-refractivity contribution in [3.8, 4) is 5.75 Å². The minimum absolute atomic E-state index is 0.0325. The Morgan fingerprint density at radius 2 is 1.93 bits per heavy atom. The van der Waals surface area contributed by atoms with Gasteiger partial charge in [-0.25, -0.2) is 4.79 Å². The molecule has 1 heterocycles. The van der Waals surface area contributed by atoms with Crippen LogP contribution in [0.5, 0.6) is 5.75 Å². The summed E-state index contributed by atoms with van der Waals surface area (Å²) >= 11 is 3.29. The lowest BCUT2D eigenvalue weighted by molar-refractivity contribution is -0.184. The fraction of sp³-hybridized carbons (Fsp3) is 0.600. The Morgan fingerprint density at radius 3 is 2.57 bits per heavy atom. The van der Waals surface area contributed by atoms with Crippen molar-refractivity contribution in [2.75, 3.05) is 26.2 Å². The minimum atomic E-state index is -4.31. The Labute approximate surface area is 182 Å². The summed E-state index contributed by atoms with van der Waals surface area (Å²) in [5.41, 5.74) is -0.369. The van der Waals surface area contributed by atoms with Crippen LogP contribution in [0.1, 0.15) is 44.0 Å². The number of nitrogens with one attached hydrogen (secondary N) is 1. The highest BCUT2D eigenvalue weighted by atomic mass is 79.9. The molecule has 1 aromatic carbocycles. The van der Waals surface area contributed by atoms with E-state index < -0.39 is 29.7 Å². The van der Waals surface area contributed by atoms with Gasteiger partial charge < -0.3 is 19.7 Å². The molecule has 1 saturated heterocycles. The van der Waals surface area contributed by atoms with Gasteiger partial charge in [-0.1, -0.05) is 15.9 Å². The van der Waals surface area contributed by atoms with Crippen LogP contribution in [0.15, 0.2) is 22.7 Å². The van der Waals surface area contributed by atoms with E-state index in [1.165, 1.54) is 11.0 Å². The standard InChI is InChI=1S/C20H26BrF3N2O4/c1-19(2,3)30-18(28)25-6-8-29-16-10-13(9-15(21)11-16)17(27)26-7-4-5-14(12-26)20(22,23)24/h9-11,14H,4-8,12H2,1-3H3,(H,25,28). The van der Waals surface area contributed by atoms with Gasteiger partial charge in [-0.15, -0.1) is 0 Å². The number of nitrogens with zero attached hydrogens (tertiary/aromatic N) is 1. The van der Waals surface area contributed by atoms with Crippen molar-refractivity contribution >= 4 is 27.9 Å². The van der Waals surface area contributed by atoms with Crippen LogP contribution in [0.3, 0.4) is 0 Å². The number of alkyl halides is 3. The molecule has 0 radical (unpaired) electrons. The number of piperidine rings is 1. The number of carbonyl (C=O) groups is 2. The predicted molar refractivity (Wildman–Crippen MR) is 109 cm³/mol. The van der Waals surface area contributed by atoms with E-state index in [2.05, 4.69) is 21.2 Å². The number of alkyl carbamates (subject to hydrolysis) is 1. The molecular formula is C20H26BrF3N2O4. The number of carbonyl (C=O) groups excluding carboxylic acids is 2. The SMILES string of the molecule is CC(C)(C)OC(=O)NCCOc1cc(Br)cc(C(=O)N2CCCC(C(F)(F)F)C2)c1. The molecule has 168 valence electrons. The fourth-order valence-corrected chi connectivity index (χ4v) is 3.49. The van der Waals surface area contributed by atoms with Crippen LogP contribution >= 0.6 is 15.9 Å². The molecule has 1 atom stereocenters. The normalized spacial score (nSPS) is 17.4. The number of rotatable bonds is 5. The first-order valence-corrected chi connectivity index (χ1v) is 10.4. The second-order valence-electron chi connectivity index (χ2n) is 8.08. The first-order valence-electron chi connectivity index (χ1n) is 9.61. The van der Waals surface area contributed by atoms with E-state index in [-0.39, 0.29) is 38.2 Å². The third-order valence-corrected chi connectivity index (χ3v) is 4.79. The van der Waals surface area contributed by atoms with Crippen LogP contribution in [0.25, 0.3) is 0 Å². The van der Waals surface area contributed by atoms with E-state index in [0.29, 0.717) is 16.6 Å². The third kappa shape index (κ3) is 7.70. The summed E-state index contributed by atoms with van der Waals surface area (Å²) in [6.07, 6.45) is -4.54. The van der Waals surface area contributed by atoms with E-state index in [1.807, 2.05) is 0 Å². The molecule has 0 saturated carbocycles. The first-order chi connectivity index (χ1) is 13.8. The van der Waals surface area contributed by atoms with Crippen LogP contribution in [0.2, 0.25) is 0 Å². The molecule has 0 aromatic heterocycles. The molecule has 1 unspecified atom stereocenters. The molecule has 0 spiro atoms. The Hall–Kier alpha value is -1.97. The summed E-state index contributed by atoms with van der Waals surface area (Å²) in [7, 11) is 0. The summed E-state index contributed by atoms with van der Waals surface area (Å²) in [6.45, 7) is 5.51. The summed E-state index contributed by atoms with van der Waals surface area (Å²) in [5.74, 6) is -1.61. The van der Waals surface area contributed by atoms with Gasteiger partial charge in [-0.05, 0) is 51.8 Å². The van der Waals surface area contributed by atoms with Gasteiger partial charge in [-0.2, -0.15) is 13.2 Å². The third-order valence-electron chi connectivity index (χ3n) is 4.33. The molecule has 30 heavy (non-hydrogen) atoms. The summed E-state index contributed by atoms with van der Waals surface area (Å²) < 4.78 is 50.3. The number of benzene rings is 1. The average molecular weight is 495 g/mol. The highest BCUT2D eigenvalue weighted by Gasteiger charge is 2.42. The fourth-order valence-electron chi connectivity index (χ4n) is 3.02. The summed E-state index contributed by atoms with van der Waals surface area (Å²) in [4.78, 5) is 25.6. The van der Waals surface area contributed by atoms with Gasteiger partial charge in [0.2, 0.25) is 0 Å². The van der Waals surface area contributed by atoms with Crippen LogP contribution < -0.4 is 10.1 Å². The quantitative estimate of drug-likeness (QED) is 0.598. The highest BCUT2D eigenvalue weighted by molar-refractivity contribution is 9.10. The molecule has 1 N–H and O–H groups in total. The van der Waals surface area contributed by atoms with Gasteiger partial charge in [0.25, 0.3) is 5.91 Å². The van der Waals surface area contributed by atoms with Crippen molar-refractivity contribution in [3.05, 3.63) is 28.2 Å². The van der Waals surface area contributed by atoms with Crippen molar-refractivity contribution < 1.29 is 32.2 Å². The zero-order valence-corrected chi connectivity index (χ0v) is 18.7. The van der Waals surface area contributed by atoms with Crippen molar-refractivity contribution in [3.63, 3.8) is 0 Å². The number of halogens is 4. The number of likely N-dealkylation sites (tertiary alicyclic amines) is 1. The zero-order valence-electron chi connectivity index (χ0n) is 17.1. The van der Waals surface area contributed by atoms with Crippen LogP contribution in [-0.2, 0) is 4.74 Å². The van der Waals surface area contributed by atoms with E-state index in [0.717, 1.165) is 0 Å². The van der Waals surface area contributed by atoms with Crippen LogP contribution in [-0.4, -0.2) is 54.9 Å². The first kappa shape index (κ1) is 24.3. The van der Waals surface area contributed by atoms with Gasteiger partial charge in [0.15, 0.2) is 0 Å². The average Bonchev–Trinajstić information content (AvgIpc) is 2.62. The largest absolute Gasteiger partial charge is 0.492 e. The van der Waals surface area contributed by atoms with Crippen molar-refractivity contribution in [2.45, 2.75) is 45.4 Å². The molecule has 0 aliphatic carbocycles. The Bertz CT molecular complexity index is 765. The van der Waals surface area contributed by atoms with Crippen LogP contribution in [0.4, 0.5) is 18.0 Å². The van der Waals surface area contributed by atoms with E-state index in [4.69, 9.17) is 9.47 Å². The molecular weight excluding hydrogens is 469 g/mol. The van der Waals surface area contributed by atoms with Crippen LogP contribution in [0, 0.1) is 5.92 Å². The van der Waals surface area contributed by atoms with Gasteiger partial charge in [-0.3, -0.25) is 4.79 Å². The molecule has 2 rings (SSSR count). The highest BCUT2D eigenvalue weighted by Crippen LogP contribution is 2.34. The van der Waals surface area contributed by atoms with Gasteiger partial charge >= 0.3 is 12.3 Å². The van der Waals surface area contributed by atoms with Crippen molar-refractivity contribution in [1.82, 2.24) is 10.2 Å². The van der Waals surface area contributed by atoms with E-state index >= 15 is 0 Å². The second-order valence-corrected chi connectivity index (χ2v) is 9.00. The molecule has 2 amide bonds. The number of hydrogen-bond acceptors (Lipinski definition) is 4. The number of hydrogen-bond donors (Lipinski definition) is 1. The summed E-state index contributed by atoms with van der Waals surface area (Å²) in [5, 5.41) is 2.55. The predicted octanol–water partition coefficient (Wildman–Crippen LogP) is 4.77. The van der Waals surface area contributed by atoms with Gasteiger partial charge in [0.1, 0.15) is 18.0 Å². The number of ether oxygens (including phenoxy) is 2. The van der Waals surface area contributed by atoms with Gasteiger partial charge in [0.05, 0.1) is 12.5 Å². The molecule has 10 heteroatoms. The maximum absolute atomic E-state index is 13.0. The maximum atomic E-state index is 13.0. The van der Waals surface area contributed by atoms with Crippen molar-refractivity contribution in [1.29, 1.82) is 0 Å². The molecule has 1 aliphatic rings. The lowest BCUT2D eigenvalue weighted by Gasteiger charge is -2.33. The maximum Gasteiger partial charge on any atom is 0.407 e. The Kier molecular flexibility index (Phi) is 8.01. The molecule has 1 aromatic rings. The monoisotopic (exact) mass is 494 g/mol. The lowest BCUT2D eigenvalue weighted by Crippen LogP contribution is -2.44. The van der Waals surface area contributed by atoms with Crippen molar-refractivity contribution in [2.24, 2.45) is 5.92 Å².